The van der Waals surface area contributed by atoms with Gasteiger partial charge in [-0.15, -0.1) is 0 Å². The molecule has 0 atom stereocenters. The van der Waals surface area contributed by atoms with Crippen LogP contribution in [0, 0.1) is 11.3 Å². The normalized spacial score (nSPS) is 16.2. The molecule has 0 N–H and O–H groups in total. The fourth-order valence-electron chi connectivity index (χ4n) is 1.61. The molecule has 0 fully saturated rings. The summed E-state index contributed by atoms with van der Waals surface area (Å²) in [6.45, 7) is 1.68. The van der Waals surface area contributed by atoms with Gasteiger partial charge in [0.05, 0.1) is 11.8 Å². The maximum atomic E-state index is 11.8. The summed E-state index contributed by atoms with van der Waals surface area (Å²) in [4.78, 5) is 17.0. The van der Waals surface area contributed by atoms with Gasteiger partial charge in [-0.25, -0.2) is 5.01 Å². The van der Waals surface area contributed by atoms with Crippen LogP contribution >= 0.6 is 11.6 Å². The lowest BCUT2D eigenvalue weighted by molar-refractivity contribution is -0.122. The number of nitriles is 1. The average molecular weight is 291 g/mol. The average Bonchev–Trinajstić information content (AvgIpc) is 2.69. The zero-order chi connectivity index (χ0) is 14.5. The smallest absolute Gasteiger partial charge is 0.298 e. The molecule has 0 spiro atoms. The van der Waals surface area contributed by atoms with Crippen LogP contribution in [0.25, 0.3) is 0 Å². The number of rotatable bonds is 4. The highest BCUT2D eigenvalue weighted by molar-refractivity contribution is 6.68. The van der Waals surface area contributed by atoms with Gasteiger partial charge in [-0.2, -0.15) is 10.4 Å². The molecule has 20 heavy (non-hydrogen) atoms. The Hall–Kier alpha value is -2.39. The molecule has 0 saturated carbocycles. The molecular weight excluding hydrogens is 280 g/mol. The Labute approximate surface area is 120 Å². The number of benzene rings is 1. The minimum atomic E-state index is -0.441. The van der Waals surface area contributed by atoms with E-state index in [1.807, 2.05) is 24.3 Å². The van der Waals surface area contributed by atoms with E-state index in [-0.39, 0.29) is 18.9 Å². The molecule has 1 amide bonds. The third-order valence-electron chi connectivity index (χ3n) is 2.60. The van der Waals surface area contributed by atoms with Crippen molar-refractivity contribution in [2.75, 3.05) is 6.54 Å². The molecule has 2 rings (SSSR count). The lowest BCUT2D eigenvalue weighted by Gasteiger charge is -2.05. The van der Waals surface area contributed by atoms with Crippen LogP contribution in [0.15, 0.2) is 34.5 Å². The number of oxime groups is 1. The summed E-state index contributed by atoms with van der Waals surface area (Å²) in [7, 11) is 0. The Balaban J connectivity index is 2.03. The molecule has 7 heteroatoms. The number of carbonyl (C=O) groups excluding carboxylic acids is 1. The SMILES string of the molecule is CC1=NN(CC#N)C(=O)C1=NOCc1ccccc1Cl. The van der Waals surface area contributed by atoms with Crippen LogP contribution in [0.3, 0.4) is 0 Å². The molecule has 1 aliphatic heterocycles. The molecule has 1 aromatic carbocycles. The Morgan fingerprint density at radius 2 is 2.25 bits per heavy atom. The summed E-state index contributed by atoms with van der Waals surface area (Å²) in [5, 5.41) is 17.9. The largest absolute Gasteiger partial charge is 0.390 e. The van der Waals surface area contributed by atoms with Crippen molar-refractivity contribution in [2.45, 2.75) is 13.5 Å². The lowest BCUT2D eigenvalue weighted by Crippen LogP contribution is -2.27. The second-order valence-corrected chi connectivity index (χ2v) is 4.42. The van der Waals surface area contributed by atoms with Gasteiger partial charge in [-0.3, -0.25) is 4.79 Å². The molecule has 102 valence electrons. The number of carbonyl (C=O) groups is 1. The Kier molecular flexibility index (Phi) is 4.33. The van der Waals surface area contributed by atoms with E-state index in [2.05, 4.69) is 10.3 Å². The summed E-state index contributed by atoms with van der Waals surface area (Å²) >= 11 is 5.98. The van der Waals surface area contributed by atoms with E-state index in [1.54, 1.807) is 13.0 Å². The van der Waals surface area contributed by atoms with Crippen molar-refractivity contribution in [3.8, 4) is 6.07 Å². The summed E-state index contributed by atoms with van der Waals surface area (Å²) in [6.07, 6.45) is 0. The number of hydrogen-bond donors (Lipinski definition) is 0. The molecule has 1 heterocycles. The third-order valence-corrected chi connectivity index (χ3v) is 2.97. The predicted molar refractivity (Wildman–Crippen MR) is 74.1 cm³/mol. The number of amides is 1. The quantitative estimate of drug-likeness (QED) is 0.628. The highest BCUT2D eigenvalue weighted by Crippen LogP contribution is 2.16. The molecule has 0 bridgehead atoms. The number of hydrazone groups is 1. The molecule has 0 aromatic heterocycles. The Morgan fingerprint density at radius 3 is 2.95 bits per heavy atom. The fourth-order valence-corrected chi connectivity index (χ4v) is 1.80. The Bertz CT molecular complexity index is 634. The van der Waals surface area contributed by atoms with E-state index in [0.717, 1.165) is 10.6 Å². The first-order valence-corrected chi connectivity index (χ1v) is 6.19. The molecule has 1 aliphatic rings. The fraction of sp³-hybridized carbons (Fsp3) is 0.231. The van der Waals surface area contributed by atoms with Gasteiger partial charge in [-0.1, -0.05) is 35.0 Å². The van der Waals surface area contributed by atoms with Crippen molar-refractivity contribution >= 4 is 28.9 Å². The number of hydrogen-bond acceptors (Lipinski definition) is 5. The molecule has 1 aromatic rings. The van der Waals surface area contributed by atoms with Gasteiger partial charge >= 0.3 is 0 Å². The summed E-state index contributed by atoms with van der Waals surface area (Å²) < 4.78 is 0. The summed E-state index contributed by atoms with van der Waals surface area (Å²) in [6, 6.07) is 9.06. The van der Waals surface area contributed by atoms with Crippen molar-refractivity contribution in [3.63, 3.8) is 0 Å². The topological polar surface area (TPSA) is 78.0 Å². The van der Waals surface area contributed by atoms with Gasteiger partial charge < -0.3 is 4.84 Å². The highest BCUT2D eigenvalue weighted by atomic mass is 35.5. The van der Waals surface area contributed by atoms with Crippen LogP contribution in [0.5, 0.6) is 0 Å². The van der Waals surface area contributed by atoms with Crippen molar-refractivity contribution in [3.05, 3.63) is 34.9 Å². The maximum absolute atomic E-state index is 11.8. The van der Waals surface area contributed by atoms with E-state index in [9.17, 15) is 4.79 Å². The third kappa shape index (κ3) is 2.95. The minimum absolute atomic E-state index is 0.104. The standard InChI is InChI=1S/C13H11ClN4O2/c1-9-12(13(19)18(16-9)7-6-15)17-20-8-10-4-2-3-5-11(10)14/h2-5H,7-8H2,1H3. The Morgan fingerprint density at radius 1 is 1.50 bits per heavy atom. The maximum Gasteiger partial charge on any atom is 0.298 e. The molecule has 6 nitrogen and oxygen atoms in total. The van der Waals surface area contributed by atoms with Gasteiger partial charge in [0.2, 0.25) is 0 Å². The van der Waals surface area contributed by atoms with Gasteiger partial charge in [0.25, 0.3) is 5.91 Å². The van der Waals surface area contributed by atoms with Crippen LogP contribution in [0.2, 0.25) is 5.02 Å². The molecule has 0 saturated heterocycles. The van der Waals surface area contributed by atoms with Gasteiger partial charge in [0, 0.05) is 10.6 Å². The zero-order valence-electron chi connectivity index (χ0n) is 10.7. The van der Waals surface area contributed by atoms with Gasteiger partial charge in [0.15, 0.2) is 5.71 Å². The van der Waals surface area contributed by atoms with Crippen LogP contribution in [-0.2, 0) is 16.2 Å². The second kappa shape index (κ2) is 6.17. The van der Waals surface area contributed by atoms with Crippen molar-refractivity contribution < 1.29 is 9.63 Å². The molecule has 0 aliphatic carbocycles. The van der Waals surface area contributed by atoms with Crippen LogP contribution in [0.4, 0.5) is 0 Å². The van der Waals surface area contributed by atoms with E-state index in [4.69, 9.17) is 21.7 Å². The molecule has 0 radical (unpaired) electrons. The van der Waals surface area contributed by atoms with E-state index in [1.165, 1.54) is 0 Å². The van der Waals surface area contributed by atoms with Gasteiger partial charge in [0.1, 0.15) is 13.2 Å². The lowest BCUT2D eigenvalue weighted by atomic mass is 10.2. The molecule has 0 unspecified atom stereocenters. The summed E-state index contributed by atoms with van der Waals surface area (Å²) in [5.41, 5.74) is 1.30. The second-order valence-electron chi connectivity index (χ2n) is 4.01. The van der Waals surface area contributed by atoms with Crippen molar-refractivity contribution in [2.24, 2.45) is 10.3 Å². The van der Waals surface area contributed by atoms with E-state index < -0.39 is 5.91 Å². The zero-order valence-corrected chi connectivity index (χ0v) is 11.5. The molecular formula is C13H11ClN4O2. The van der Waals surface area contributed by atoms with Crippen LogP contribution in [-0.4, -0.2) is 28.9 Å². The number of nitrogens with zero attached hydrogens (tertiary/aromatic N) is 4. The van der Waals surface area contributed by atoms with Crippen LogP contribution in [0.1, 0.15) is 12.5 Å². The van der Waals surface area contributed by atoms with E-state index in [0.29, 0.717) is 10.7 Å². The van der Waals surface area contributed by atoms with Crippen LogP contribution < -0.4 is 0 Å². The van der Waals surface area contributed by atoms with Crippen molar-refractivity contribution in [1.82, 2.24) is 5.01 Å². The predicted octanol–water partition coefficient (Wildman–Crippen LogP) is 1.95. The summed E-state index contributed by atoms with van der Waals surface area (Å²) in [5.74, 6) is -0.441. The van der Waals surface area contributed by atoms with Crippen molar-refractivity contribution in [1.29, 1.82) is 5.26 Å². The first-order chi connectivity index (χ1) is 9.63. The highest BCUT2D eigenvalue weighted by Gasteiger charge is 2.29. The monoisotopic (exact) mass is 290 g/mol. The first kappa shape index (κ1) is 14.0. The first-order valence-electron chi connectivity index (χ1n) is 5.81. The van der Waals surface area contributed by atoms with E-state index >= 15 is 0 Å². The minimum Gasteiger partial charge on any atom is -0.390 e. The number of halogens is 1. The van der Waals surface area contributed by atoms with Gasteiger partial charge in [-0.05, 0) is 13.0 Å².